The molecule has 0 amide bonds. The van der Waals surface area contributed by atoms with Crippen LogP contribution in [-0.4, -0.2) is 40.1 Å². The lowest BCUT2D eigenvalue weighted by Gasteiger charge is -2.33. The fourth-order valence-corrected chi connectivity index (χ4v) is 4.49. The van der Waals surface area contributed by atoms with Crippen molar-refractivity contribution in [1.29, 1.82) is 0 Å². The molecule has 9 nitrogen and oxygen atoms in total. The minimum atomic E-state index is -1.98. The number of aromatic nitrogens is 3. The van der Waals surface area contributed by atoms with Gasteiger partial charge < -0.3 is 19.4 Å². The molecule has 0 spiro atoms. The summed E-state index contributed by atoms with van der Waals surface area (Å²) in [6.07, 6.45) is 7.57. The van der Waals surface area contributed by atoms with Crippen molar-refractivity contribution in [3.63, 3.8) is 0 Å². The van der Waals surface area contributed by atoms with Crippen LogP contribution in [0.15, 0.2) is 58.6 Å². The molecule has 0 bridgehead atoms. The number of carboxylic acids is 1. The Labute approximate surface area is 215 Å². The lowest BCUT2D eigenvalue weighted by molar-refractivity contribution is 0.0696. The molecule has 2 N–H and O–H groups in total. The summed E-state index contributed by atoms with van der Waals surface area (Å²) in [5.41, 5.74) is 5.44. The van der Waals surface area contributed by atoms with Crippen LogP contribution in [0.1, 0.15) is 48.7 Å². The van der Waals surface area contributed by atoms with E-state index < -0.39 is 14.3 Å². The monoisotopic (exact) mass is 515 g/mol. The number of pyridine rings is 1. The number of anilines is 2. The van der Waals surface area contributed by atoms with E-state index in [0.29, 0.717) is 17.0 Å². The van der Waals surface area contributed by atoms with Gasteiger partial charge in [-0.15, -0.1) is 5.16 Å². The second kappa shape index (κ2) is 9.11. The predicted molar refractivity (Wildman–Crippen MR) is 145 cm³/mol. The minimum absolute atomic E-state index is 0.00432. The van der Waals surface area contributed by atoms with Crippen LogP contribution >= 0.6 is 0 Å². The van der Waals surface area contributed by atoms with Crippen LogP contribution in [0.2, 0.25) is 18.1 Å². The van der Waals surface area contributed by atoms with E-state index in [-0.39, 0.29) is 16.4 Å². The molecule has 190 valence electrons. The first-order chi connectivity index (χ1) is 17.5. The number of aromatic carboxylic acids is 1. The zero-order valence-electron chi connectivity index (χ0n) is 21.5. The minimum Gasteiger partial charge on any atom is -0.478 e. The number of rotatable bonds is 6. The van der Waals surface area contributed by atoms with Gasteiger partial charge in [0.25, 0.3) is 8.32 Å². The third-order valence-electron chi connectivity index (χ3n) is 7.10. The molecule has 4 aromatic rings. The van der Waals surface area contributed by atoms with Gasteiger partial charge >= 0.3 is 5.97 Å². The van der Waals surface area contributed by atoms with Gasteiger partial charge in [0.2, 0.25) is 0 Å². The molecule has 0 unspecified atom stereocenters. The number of carboxylic acid groups (broad SMARTS) is 1. The van der Waals surface area contributed by atoms with Crippen molar-refractivity contribution >= 4 is 42.3 Å². The number of fused-ring (bicyclic) bond motifs is 2. The summed E-state index contributed by atoms with van der Waals surface area (Å²) in [4.78, 5) is 23.8. The highest BCUT2D eigenvalue weighted by atomic mass is 28.4. The first kappa shape index (κ1) is 24.6. The molecule has 0 radical (unpaired) electrons. The smallest absolute Gasteiger partial charge is 0.338 e. The number of oxime groups is 1. The number of benzene rings is 1. The highest BCUT2D eigenvalue weighted by Gasteiger charge is 2.40. The predicted octanol–water partition coefficient (Wildman–Crippen LogP) is 6.40. The summed E-state index contributed by atoms with van der Waals surface area (Å²) in [6.45, 7) is 11.0. The molecule has 5 rings (SSSR count). The van der Waals surface area contributed by atoms with E-state index in [2.05, 4.69) is 71.4 Å². The van der Waals surface area contributed by atoms with E-state index in [9.17, 15) is 9.90 Å². The average Bonchev–Trinajstić information content (AvgIpc) is 3.43. The Hall–Kier alpha value is -4.05. The van der Waals surface area contributed by atoms with Crippen molar-refractivity contribution in [3.05, 3.63) is 65.7 Å². The van der Waals surface area contributed by atoms with Crippen LogP contribution in [0, 0.1) is 0 Å². The largest absolute Gasteiger partial charge is 0.478 e. The molecule has 1 aliphatic rings. The van der Waals surface area contributed by atoms with Gasteiger partial charge in [-0.25, -0.2) is 14.8 Å². The van der Waals surface area contributed by atoms with Crippen LogP contribution in [0.25, 0.3) is 22.6 Å². The van der Waals surface area contributed by atoms with Crippen molar-refractivity contribution in [2.24, 2.45) is 5.16 Å². The van der Waals surface area contributed by atoms with E-state index in [1.165, 1.54) is 18.0 Å². The van der Waals surface area contributed by atoms with Crippen molar-refractivity contribution in [3.8, 4) is 11.6 Å². The van der Waals surface area contributed by atoms with E-state index in [1.807, 2.05) is 12.1 Å². The van der Waals surface area contributed by atoms with Crippen LogP contribution in [0.5, 0.6) is 0 Å². The van der Waals surface area contributed by atoms with Crippen molar-refractivity contribution < 1.29 is 18.8 Å². The lowest BCUT2D eigenvalue weighted by atomic mass is 10.1. The Bertz CT molecular complexity index is 1520. The molecule has 0 aliphatic heterocycles. The van der Waals surface area contributed by atoms with E-state index in [0.717, 1.165) is 35.2 Å². The molecule has 37 heavy (non-hydrogen) atoms. The molecular weight excluding hydrogens is 486 g/mol. The Morgan fingerprint density at radius 2 is 1.89 bits per heavy atom. The van der Waals surface area contributed by atoms with Gasteiger partial charge in [0, 0.05) is 35.2 Å². The Kier molecular flexibility index (Phi) is 6.07. The number of aryl methyl sites for hydroxylation is 1. The summed E-state index contributed by atoms with van der Waals surface area (Å²) in [7, 11) is -1.98. The number of carbonyl (C=O) groups is 1. The summed E-state index contributed by atoms with van der Waals surface area (Å²) in [5.74, 6) is -0.401. The van der Waals surface area contributed by atoms with Gasteiger partial charge in [-0.2, -0.15) is 0 Å². The molecule has 1 aliphatic carbocycles. The standard InChI is InChI=1S/C27H29N5O4Si/c1-27(2,3)37(4,5)36-32-21-9-6-16-12-18(7-8-19(16)21)31-23-20-10-11-28-15-22(20)35-24(23)25-29-13-17(14-30-25)26(33)34/h7-8,10-15,31H,6,9H2,1-5H3,(H,33,34). The zero-order valence-corrected chi connectivity index (χ0v) is 22.5. The van der Waals surface area contributed by atoms with Crippen molar-refractivity contribution in [1.82, 2.24) is 15.0 Å². The second-order valence-electron chi connectivity index (χ2n) is 10.7. The topological polar surface area (TPSA) is 123 Å². The van der Waals surface area contributed by atoms with Crippen LogP contribution in [0.4, 0.5) is 11.4 Å². The maximum absolute atomic E-state index is 11.2. The van der Waals surface area contributed by atoms with Crippen LogP contribution in [-0.2, 0) is 10.9 Å². The van der Waals surface area contributed by atoms with Gasteiger partial charge in [0.15, 0.2) is 17.2 Å². The molecule has 0 saturated carbocycles. The fraction of sp³-hybridized carbons (Fsp3) is 0.296. The summed E-state index contributed by atoms with van der Waals surface area (Å²) >= 11 is 0. The van der Waals surface area contributed by atoms with Gasteiger partial charge in [-0.05, 0) is 54.7 Å². The molecule has 10 heteroatoms. The first-order valence-corrected chi connectivity index (χ1v) is 15.0. The summed E-state index contributed by atoms with van der Waals surface area (Å²) in [5, 5.41) is 18.2. The normalized spacial score (nSPS) is 14.7. The first-order valence-electron chi connectivity index (χ1n) is 12.1. The molecule has 3 aromatic heterocycles. The van der Waals surface area contributed by atoms with Crippen LogP contribution in [0.3, 0.4) is 0 Å². The SMILES string of the molecule is CC(C)(C)[Si](C)(C)ON=C1CCc2cc(Nc3c(-c4ncc(C(=O)O)cn4)oc4cnccc34)ccc21. The molecule has 0 fully saturated rings. The maximum Gasteiger partial charge on any atom is 0.338 e. The van der Waals surface area contributed by atoms with E-state index in [4.69, 9.17) is 8.94 Å². The number of hydrogen-bond acceptors (Lipinski definition) is 8. The Morgan fingerprint density at radius 3 is 2.59 bits per heavy atom. The average molecular weight is 516 g/mol. The number of nitrogens with zero attached hydrogens (tertiary/aromatic N) is 4. The van der Waals surface area contributed by atoms with Crippen molar-refractivity contribution in [2.75, 3.05) is 5.32 Å². The van der Waals surface area contributed by atoms with Gasteiger partial charge in [0.1, 0.15) is 0 Å². The lowest BCUT2D eigenvalue weighted by Crippen LogP contribution is -2.39. The summed E-state index contributed by atoms with van der Waals surface area (Å²) < 4.78 is 12.2. The highest BCUT2D eigenvalue weighted by molar-refractivity contribution is 6.74. The van der Waals surface area contributed by atoms with E-state index in [1.54, 1.807) is 12.4 Å². The highest BCUT2D eigenvalue weighted by Crippen LogP contribution is 2.39. The molecular formula is C27H29N5O4Si. The third kappa shape index (κ3) is 4.72. The fourth-order valence-electron chi connectivity index (χ4n) is 3.88. The van der Waals surface area contributed by atoms with Gasteiger partial charge in [-0.3, -0.25) is 4.98 Å². The Morgan fingerprint density at radius 1 is 1.14 bits per heavy atom. The van der Waals surface area contributed by atoms with Gasteiger partial charge in [0.05, 0.1) is 23.2 Å². The van der Waals surface area contributed by atoms with E-state index >= 15 is 0 Å². The molecule has 3 heterocycles. The maximum atomic E-state index is 11.2. The third-order valence-corrected chi connectivity index (χ3v) is 11.3. The summed E-state index contributed by atoms with van der Waals surface area (Å²) in [6, 6.07) is 8.04. The number of nitrogens with one attached hydrogen (secondary N) is 1. The van der Waals surface area contributed by atoms with Crippen LogP contribution < -0.4 is 5.32 Å². The Balaban J connectivity index is 1.46. The molecule has 0 atom stereocenters. The zero-order chi connectivity index (χ0) is 26.4. The quantitative estimate of drug-likeness (QED) is 0.223. The van der Waals surface area contributed by atoms with Gasteiger partial charge in [-0.1, -0.05) is 26.8 Å². The molecule has 1 aromatic carbocycles. The van der Waals surface area contributed by atoms with Crippen molar-refractivity contribution in [2.45, 2.75) is 51.7 Å². The molecule has 0 saturated heterocycles. The second-order valence-corrected chi connectivity index (χ2v) is 15.4. The number of furan rings is 1. The number of hydrogen-bond donors (Lipinski definition) is 2.